The number of rotatable bonds is 22. The molecule has 0 fully saturated rings. The molecular formula is C41H66Cl2N6O2Si. The third-order valence-electron chi connectivity index (χ3n) is 9.90. The summed E-state index contributed by atoms with van der Waals surface area (Å²) in [6.45, 7) is 33.6. The fourth-order valence-corrected chi connectivity index (χ4v) is 6.90. The molecule has 1 atom stereocenters. The van der Waals surface area contributed by atoms with Gasteiger partial charge in [-0.25, -0.2) is 0 Å². The van der Waals surface area contributed by atoms with Crippen molar-refractivity contribution in [2.75, 3.05) is 64.3 Å². The summed E-state index contributed by atoms with van der Waals surface area (Å²) in [6.07, 6.45) is 6.26. The van der Waals surface area contributed by atoms with Gasteiger partial charge in [0.15, 0.2) is 8.32 Å². The number of nitrogens with zero attached hydrogens (tertiary/aromatic N) is 4. The quantitative estimate of drug-likeness (QED) is 0.0533. The number of fused-ring (bicyclic) bond motifs is 1. The summed E-state index contributed by atoms with van der Waals surface area (Å²) >= 11 is 12.1. The van der Waals surface area contributed by atoms with Gasteiger partial charge in [0.25, 0.3) is 0 Å². The molecule has 0 aliphatic rings. The molecule has 0 aliphatic heterocycles. The first-order valence-electron chi connectivity index (χ1n) is 18.8. The molecule has 3 N–H and O–H groups in total. The van der Waals surface area contributed by atoms with Crippen LogP contribution in [0.3, 0.4) is 0 Å². The van der Waals surface area contributed by atoms with Gasteiger partial charge in [0.1, 0.15) is 0 Å². The minimum atomic E-state index is -1.65. The molecule has 8 nitrogen and oxygen atoms in total. The number of anilines is 1. The Kier molecular flexibility index (Phi) is 20.5. The van der Waals surface area contributed by atoms with E-state index in [9.17, 15) is 0 Å². The van der Waals surface area contributed by atoms with Crippen molar-refractivity contribution >= 4 is 66.2 Å². The molecule has 1 heterocycles. The smallest absolute Gasteiger partial charge is 0.192 e. The molecule has 0 spiro atoms. The maximum atomic E-state index is 8.95. The highest BCUT2D eigenvalue weighted by Crippen LogP contribution is 2.36. The molecule has 0 radical (unpaired) electrons. The fourth-order valence-electron chi connectivity index (χ4n) is 5.54. The van der Waals surface area contributed by atoms with Crippen molar-refractivity contribution in [2.45, 2.75) is 91.4 Å². The lowest BCUT2D eigenvalue weighted by atomic mass is 10.1. The summed E-state index contributed by atoms with van der Waals surface area (Å²) in [5.74, 6) is 0. The van der Waals surface area contributed by atoms with E-state index in [0.717, 1.165) is 117 Å². The van der Waals surface area contributed by atoms with Crippen molar-refractivity contribution in [1.29, 1.82) is 0 Å². The number of likely N-dealkylation sites (N-methyl/N-ethyl adjacent to an activating group) is 2. The van der Waals surface area contributed by atoms with Crippen molar-refractivity contribution in [3.8, 4) is 0 Å². The average molecular weight is 774 g/mol. The van der Waals surface area contributed by atoms with E-state index in [0.29, 0.717) is 11.1 Å². The minimum absolute atomic E-state index is 0.219. The molecule has 52 heavy (non-hydrogen) atoms. The fraction of sp³-hybridized carbons (Fsp3) is 0.561. The topological polar surface area (TPSA) is 85.3 Å². The predicted octanol–water partition coefficient (Wildman–Crippen LogP) is 10.1. The zero-order valence-electron chi connectivity index (χ0n) is 33.2. The lowest BCUT2D eigenvalue weighted by Gasteiger charge is -2.36. The molecule has 2 aromatic carbocycles. The Morgan fingerprint density at radius 1 is 0.962 bits per heavy atom. The highest BCUT2D eigenvalue weighted by atomic mass is 35.5. The number of pyridine rings is 1. The van der Waals surface area contributed by atoms with Crippen LogP contribution in [0.4, 0.5) is 11.4 Å². The summed E-state index contributed by atoms with van der Waals surface area (Å²) in [4.78, 5) is 13.2. The first-order valence-corrected chi connectivity index (χ1v) is 22.5. The number of aliphatic hydroxyl groups excluding tert-OH is 1. The molecule has 290 valence electrons. The summed E-state index contributed by atoms with van der Waals surface area (Å²) in [7, 11) is -1.65. The van der Waals surface area contributed by atoms with Gasteiger partial charge in [0, 0.05) is 70.9 Å². The van der Waals surface area contributed by atoms with E-state index < -0.39 is 8.32 Å². The maximum absolute atomic E-state index is 8.95. The maximum Gasteiger partial charge on any atom is 0.192 e. The predicted molar refractivity (Wildman–Crippen MR) is 230 cm³/mol. The molecule has 3 rings (SSSR count). The van der Waals surface area contributed by atoms with Crippen LogP contribution in [-0.4, -0.2) is 100.0 Å². The molecule has 1 unspecified atom stereocenters. The highest BCUT2D eigenvalue weighted by Gasteiger charge is 2.36. The second kappa shape index (κ2) is 23.3. The molecule has 0 bridgehead atoms. The molecule has 3 aromatic rings. The van der Waals surface area contributed by atoms with E-state index >= 15 is 0 Å². The first kappa shape index (κ1) is 45.7. The van der Waals surface area contributed by atoms with E-state index in [4.69, 9.17) is 32.7 Å². The summed E-state index contributed by atoms with van der Waals surface area (Å²) in [5, 5.41) is 18.7. The van der Waals surface area contributed by atoms with Gasteiger partial charge in [-0.1, -0.05) is 64.4 Å². The van der Waals surface area contributed by atoms with Gasteiger partial charge < -0.3 is 30.0 Å². The van der Waals surface area contributed by atoms with Crippen molar-refractivity contribution in [2.24, 2.45) is 4.99 Å². The Hall–Kier alpha value is -2.50. The molecule has 0 amide bonds. The second-order valence-corrected chi connectivity index (χ2v) is 20.5. The molecule has 0 aliphatic carbocycles. The number of aromatic nitrogens is 1. The second-order valence-electron chi connectivity index (χ2n) is 14.8. The Morgan fingerprint density at radius 3 is 2.27 bits per heavy atom. The van der Waals surface area contributed by atoms with Gasteiger partial charge in [-0.2, -0.15) is 0 Å². The third-order valence-corrected chi connectivity index (χ3v) is 14.9. The summed E-state index contributed by atoms with van der Waals surface area (Å²) in [6, 6.07) is 13.8. The molecule has 0 saturated carbocycles. The molecular weight excluding hydrogens is 707 g/mol. The third kappa shape index (κ3) is 15.8. The SMILES string of the molecule is C=Nc1cc(Cl)ccc1C(=C)NCCCCN(CC)CCO.CCN(CCCC(C)Nc1ccnc2cc(Cl)ccc12)CCO[Si](C)(C)C(C)(C)C. The van der Waals surface area contributed by atoms with Crippen LogP contribution in [0.2, 0.25) is 28.2 Å². The Morgan fingerprint density at radius 2 is 1.62 bits per heavy atom. The Bertz CT molecular complexity index is 1520. The summed E-state index contributed by atoms with van der Waals surface area (Å²) < 4.78 is 6.35. The molecule has 11 heteroatoms. The zero-order chi connectivity index (χ0) is 38.7. The largest absolute Gasteiger partial charge is 0.416 e. The summed E-state index contributed by atoms with van der Waals surface area (Å²) in [5.41, 5.74) is 4.56. The van der Waals surface area contributed by atoms with Crippen LogP contribution >= 0.6 is 23.2 Å². The monoisotopic (exact) mass is 772 g/mol. The van der Waals surface area contributed by atoms with Gasteiger partial charge in [-0.3, -0.25) is 9.98 Å². The van der Waals surface area contributed by atoms with E-state index in [2.05, 4.69) is 98.3 Å². The van der Waals surface area contributed by atoms with Gasteiger partial charge in [0.05, 0.1) is 17.8 Å². The standard InChI is InChI=1S/C24H40ClN3OSi.C17H26ClN3O/c1-8-28(16-17-29-30(6,7)24(3,4)5)15-9-10-19(2)27-22-13-14-26-23-18-20(25)11-12-21(22)23;1-4-21(11-12-22)10-6-5-9-20-14(2)16-8-7-15(18)13-17(16)19-3/h11-14,18-19H,8-10,15-17H2,1-7H3,(H,26,27);7-8,13,20,22H,2-6,9-12H2,1H3. The minimum Gasteiger partial charge on any atom is -0.416 e. The van der Waals surface area contributed by atoms with Crippen molar-refractivity contribution in [3.63, 3.8) is 0 Å². The van der Waals surface area contributed by atoms with Crippen LogP contribution in [0.15, 0.2) is 60.2 Å². The van der Waals surface area contributed by atoms with Crippen LogP contribution < -0.4 is 10.6 Å². The van der Waals surface area contributed by atoms with Crippen molar-refractivity contribution in [3.05, 3.63) is 70.8 Å². The highest BCUT2D eigenvalue weighted by molar-refractivity contribution is 6.74. The van der Waals surface area contributed by atoms with Crippen LogP contribution in [0.25, 0.3) is 16.6 Å². The Labute approximate surface area is 326 Å². The van der Waals surface area contributed by atoms with E-state index in [1.54, 1.807) is 6.07 Å². The van der Waals surface area contributed by atoms with Gasteiger partial charge >= 0.3 is 0 Å². The number of aliphatic imine (C=N–C) groups is 1. The van der Waals surface area contributed by atoms with E-state index in [-0.39, 0.29) is 11.6 Å². The number of hydrogen-bond acceptors (Lipinski definition) is 8. The zero-order valence-corrected chi connectivity index (χ0v) is 35.7. The number of unbranched alkanes of at least 4 members (excludes halogenated alkanes) is 1. The number of aliphatic hydroxyl groups is 1. The van der Waals surface area contributed by atoms with Crippen LogP contribution in [0.5, 0.6) is 0 Å². The number of halogens is 2. The van der Waals surface area contributed by atoms with Crippen LogP contribution in [0, 0.1) is 0 Å². The van der Waals surface area contributed by atoms with E-state index in [1.807, 2.05) is 42.6 Å². The Balaban J connectivity index is 0.000000378. The number of nitrogens with one attached hydrogen (secondary N) is 2. The van der Waals surface area contributed by atoms with Crippen molar-refractivity contribution in [1.82, 2.24) is 20.1 Å². The number of benzene rings is 2. The van der Waals surface area contributed by atoms with E-state index in [1.165, 1.54) is 0 Å². The molecule has 1 aromatic heterocycles. The van der Waals surface area contributed by atoms with Crippen molar-refractivity contribution < 1.29 is 9.53 Å². The normalized spacial score (nSPS) is 12.5. The lowest BCUT2D eigenvalue weighted by molar-refractivity contribution is 0.200. The number of hydrogen-bond donors (Lipinski definition) is 3. The average Bonchev–Trinajstić information content (AvgIpc) is 3.09. The van der Waals surface area contributed by atoms with Gasteiger partial charge in [-0.15, -0.1) is 0 Å². The van der Waals surface area contributed by atoms with Gasteiger partial charge in [-0.05, 0) is 126 Å². The molecule has 0 saturated heterocycles. The first-order chi connectivity index (χ1) is 24.6. The lowest BCUT2D eigenvalue weighted by Crippen LogP contribution is -2.43. The van der Waals surface area contributed by atoms with Crippen LogP contribution in [0.1, 0.15) is 72.8 Å². The van der Waals surface area contributed by atoms with Gasteiger partial charge in [0.2, 0.25) is 0 Å². The van der Waals surface area contributed by atoms with Crippen LogP contribution in [-0.2, 0) is 4.43 Å².